The highest BCUT2D eigenvalue weighted by molar-refractivity contribution is 7.94. The van der Waals surface area contributed by atoms with Gasteiger partial charge in [-0.15, -0.1) is 11.3 Å². The van der Waals surface area contributed by atoms with Gasteiger partial charge in [0, 0.05) is 0 Å². The second-order valence-electron chi connectivity index (χ2n) is 5.27. The van der Waals surface area contributed by atoms with E-state index in [1.807, 2.05) is 0 Å². The lowest BCUT2D eigenvalue weighted by molar-refractivity contribution is 0.599. The fraction of sp³-hybridized carbons (Fsp3) is 0. The molecule has 0 fully saturated rings. The van der Waals surface area contributed by atoms with Crippen LogP contribution in [0.2, 0.25) is 10.0 Å². The Morgan fingerprint density at radius 2 is 1.30 bits per heavy atom. The van der Waals surface area contributed by atoms with E-state index in [0.29, 0.717) is 0 Å². The number of hydrogen-bond donors (Lipinski definition) is 2. The van der Waals surface area contributed by atoms with E-state index in [0.717, 1.165) is 11.3 Å². The Morgan fingerprint density at radius 3 is 1.81 bits per heavy atom. The molecule has 0 spiro atoms. The van der Waals surface area contributed by atoms with Crippen LogP contribution in [0.1, 0.15) is 0 Å². The predicted molar refractivity (Wildman–Crippen MR) is 109 cm³/mol. The summed E-state index contributed by atoms with van der Waals surface area (Å²) in [6, 6.07) is 13.2. The van der Waals surface area contributed by atoms with E-state index in [4.69, 9.17) is 23.2 Å². The topological polar surface area (TPSA) is 92.3 Å². The standard InChI is InChI=1S/C16H12Cl2N2O4S3/c17-12-9-14(19-26(21,22)11-5-2-1-3-6-11)15(10-13(12)18)20-27(23,24)16-7-4-8-25-16/h1-10,19-20H. The highest BCUT2D eigenvalue weighted by Crippen LogP contribution is 2.35. The lowest BCUT2D eigenvalue weighted by atomic mass is 10.3. The molecule has 0 aliphatic rings. The number of hydrogen-bond acceptors (Lipinski definition) is 5. The molecule has 2 N–H and O–H groups in total. The third-order valence-corrected chi connectivity index (χ3v) is 8.23. The van der Waals surface area contributed by atoms with Crippen LogP contribution in [-0.4, -0.2) is 16.8 Å². The number of benzene rings is 2. The molecule has 6 nitrogen and oxygen atoms in total. The first-order valence-electron chi connectivity index (χ1n) is 7.32. The van der Waals surface area contributed by atoms with Crippen LogP contribution in [0.3, 0.4) is 0 Å². The van der Waals surface area contributed by atoms with Gasteiger partial charge >= 0.3 is 0 Å². The van der Waals surface area contributed by atoms with Crippen molar-refractivity contribution in [2.75, 3.05) is 9.44 Å². The quantitative estimate of drug-likeness (QED) is 0.556. The summed E-state index contributed by atoms with van der Waals surface area (Å²) in [4.78, 5) is 0.0168. The van der Waals surface area contributed by atoms with Crippen molar-refractivity contribution in [3.63, 3.8) is 0 Å². The van der Waals surface area contributed by atoms with Gasteiger partial charge < -0.3 is 0 Å². The third-order valence-electron chi connectivity index (χ3n) is 3.36. The van der Waals surface area contributed by atoms with E-state index in [-0.39, 0.29) is 30.5 Å². The molecule has 142 valence electrons. The molecule has 0 amide bonds. The number of sulfonamides is 2. The van der Waals surface area contributed by atoms with Gasteiger partial charge in [-0.25, -0.2) is 16.8 Å². The van der Waals surface area contributed by atoms with Crippen LogP contribution in [0.5, 0.6) is 0 Å². The first kappa shape index (κ1) is 20.0. The van der Waals surface area contributed by atoms with Crippen LogP contribution in [0.15, 0.2) is 69.1 Å². The van der Waals surface area contributed by atoms with Gasteiger partial charge in [-0.3, -0.25) is 9.44 Å². The van der Waals surface area contributed by atoms with E-state index in [1.54, 1.807) is 29.6 Å². The minimum atomic E-state index is -3.96. The van der Waals surface area contributed by atoms with Crippen LogP contribution >= 0.6 is 34.5 Å². The maximum absolute atomic E-state index is 12.6. The average Bonchev–Trinajstić information content (AvgIpc) is 3.15. The van der Waals surface area contributed by atoms with Gasteiger partial charge in [-0.2, -0.15) is 0 Å². The van der Waals surface area contributed by atoms with Crippen LogP contribution in [0.25, 0.3) is 0 Å². The van der Waals surface area contributed by atoms with E-state index in [1.165, 1.54) is 30.3 Å². The summed E-state index contributed by atoms with van der Waals surface area (Å²) in [5.74, 6) is 0. The Labute approximate surface area is 170 Å². The molecule has 3 rings (SSSR count). The maximum atomic E-state index is 12.6. The van der Waals surface area contributed by atoms with Crippen molar-refractivity contribution in [1.82, 2.24) is 0 Å². The minimum absolute atomic E-state index is 0.0168. The molecule has 0 aliphatic heterocycles. The van der Waals surface area contributed by atoms with Crippen LogP contribution in [-0.2, 0) is 20.0 Å². The molecule has 0 aliphatic carbocycles. The molecule has 1 heterocycles. The van der Waals surface area contributed by atoms with Crippen molar-refractivity contribution in [3.8, 4) is 0 Å². The van der Waals surface area contributed by atoms with Gasteiger partial charge in [-0.1, -0.05) is 47.5 Å². The number of rotatable bonds is 6. The Bertz CT molecular complexity index is 1160. The van der Waals surface area contributed by atoms with Crippen molar-refractivity contribution in [3.05, 3.63) is 70.0 Å². The predicted octanol–water partition coefficient (Wildman–Crippen LogP) is 4.66. The first-order chi connectivity index (χ1) is 12.7. The van der Waals surface area contributed by atoms with Crippen LogP contribution in [0.4, 0.5) is 11.4 Å². The van der Waals surface area contributed by atoms with E-state index < -0.39 is 20.0 Å². The second-order valence-corrected chi connectivity index (χ2v) is 10.6. The molecule has 0 radical (unpaired) electrons. The summed E-state index contributed by atoms with van der Waals surface area (Å²) in [7, 11) is -7.87. The molecule has 0 saturated carbocycles. The second kappa shape index (κ2) is 7.69. The Kier molecular flexibility index (Phi) is 5.68. The minimum Gasteiger partial charge on any atom is -0.277 e. The monoisotopic (exact) mass is 462 g/mol. The zero-order valence-electron chi connectivity index (χ0n) is 13.4. The van der Waals surface area contributed by atoms with Crippen molar-refractivity contribution in [1.29, 1.82) is 0 Å². The highest BCUT2D eigenvalue weighted by Gasteiger charge is 2.21. The molecule has 0 atom stereocenters. The molecule has 27 heavy (non-hydrogen) atoms. The summed E-state index contributed by atoms with van der Waals surface area (Å²) in [5, 5.41) is 1.76. The third kappa shape index (κ3) is 4.56. The highest BCUT2D eigenvalue weighted by atomic mass is 35.5. The Morgan fingerprint density at radius 1 is 0.741 bits per heavy atom. The molecule has 2 aromatic carbocycles. The molecule has 11 heteroatoms. The van der Waals surface area contributed by atoms with Gasteiger partial charge in [0.2, 0.25) is 0 Å². The number of thiophene rings is 1. The summed E-state index contributed by atoms with van der Waals surface area (Å²) in [6.45, 7) is 0. The SMILES string of the molecule is O=S(=O)(Nc1cc(Cl)c(Cl)cc1NS(=O)(=O)c1cccs1)c1ccccc1. The summed E-state index contributed by atoms with van der Waals surface area (Å²) in [6.07, 6.45) is 0. The van der Waals surface area contributed by atoms with E-state index >= 15 is 0 Å². The molecule has 1 aromatic heterocycles. The lowest BCUT2D eigenvalue weighted by Gasteiger charge is -2.15. The average molecular weight is 463 g/mol. The normalized spacial score (nSPS) is 11.9. The summed E-state index contributed by atoms with van der Waals surface area (Å²) >= 11 is 13.0. The van der Waals surface area contributed by atoms with Crippen LogP contribution < -0.4 is 9.44 Å². The zero-order valence-corrected chi connectivity index (χ0v) is 17.3. The smallest absolute Gasteiger partial charge is 0.271 e. The van der Waals surface area contributed by atoms with Crippen LogP contribution in [0, 0.1) is 0 Å². The fourth-order valence-corrected chi connectivity index (χ4v) is 5.61. The summed E-state index contributed by atoms with van der Waals surface area (Å²) in [5.41, 5.74) is -0.0920. The summed E-state index contributed by atoms with van der Waals surface area (Å²) < 4.78 is 54.9. The Hall–Kier alpha value is -1.78. The van der Waals surface area contributed by atoms with Gasteiger partial charge in [0.15, 0.2) is 0 Å². The van der Waals surface area contributed by atoms with Gasteiger partial charge in [0.05, 0.1) is 26.3 Å². The lowest BCUT2D eigenvalue weighted by Crippen LogP contribution is -2.17. The molecular formula is C16H12Cl2N2O4S3. The zero-order chi connectivity index (χ0) is 19.7. The maximum Gasteiger partial charge on any atom is 0.271 e. The number of halogens is 2. The molecule has 0 unspecified atom stereocenters. The van der Waals surface area contributed by atoms with Crippen molar-refractivity contribution in [2.24, 2.45) is 0 Å². The number of anilines is 2. The number of nitrogens with one attached hydrogen (secondary N) is 2. The van der Waals surface area contributed by atoms with Gasteiger partial charge in [0.1, 0.15) is 4.21 Å². The fourth-order valence-electron chi connectivity index (χ4n) is 2.13. The largest absolute Gasteiger partial charge is 0.277 e. The van der Waals surface area contributed by atoms with Crippen molar-refractivity contribution >= 4 is 66.0 Å². The van der Waals surface area contributed by atoms with E-state index in [2.05, 4.69) is 9.44 Å². The van der Waals surface area contributed by atoms with Gasteiger partial charge in [-0.05, 0) is 35.7 Å². The van der Waals surface area contributed by atoms with Crippen molar-refractivity contribution in [2.45, 2.75) is 9.10 Å². The molecule has 0 bridgehead atoms. The Balaban J connectivity index is 2.02. The molecule has 3 aromatic rings. The first-order valence-corrected chi connectivity index (χ1v) is 11.9. The van der Waals surface area contributed by atoms with Gasteiger partial charge in [0.25, 0.3) is 20.0 Å². The van der Waals surface area contributed by atoms with E-state index in [9.17, 15) is 16.8 Å². The molecular weight excluding hydrogens is 451 g/mol. The van der Waals surface area contributed by atoms with Crippen molar-refractivity contribution < 1.29 is 16.8 Å². The molecule has 0 saturated heterocycles.